The third kappa shape index (κ3) is 3.92. The second-order valence-electron chi connectivity index (χ2n) is 4.26. The van der Waals surface area contributed by atoms with Gasteiger partial charge in [0.2, 0.25) is 0 Å². The molecule has 1 rings (SSSR count). The van der Waals surface area contributed by atoms with Gasteiger partial charge in [-0.1, -0.05) is 0 Å². The van der Waals surface area contributed by atoms with Gasteiger partial charge < -0.3 is 19.3 Å². The van der Waals surface area contributed by atoms with Gasteiger partial charge in [-0.15, -0.1) is 0 Å². The normalized spacial score (nSPS) is 24.5. The molecule has 0 aliphatic heterocycles. The Bertz CT molecular complexity index is 330. The van der Waals surface area contributed by atoms with Crippen LogP contribution in [0.3, 0.4) is 0 Å². The van der Waals surface area contributed by atoms with E-state index < -0.39 is 35.7 Å². The van der Waals surface area contributed by atoms with E-state index >= 15 is 0 Å². The number of aliphatic hydroxyl groups is 1. The number of rotatable bonds is 7. The van der Waals surface area contributed by atoms with Crippen molar-refractivity contribution in [2.45, 2.75) is 12.8 Å². The number of ether oxygens (including phenoxy) is 3. The maximum absolute atomic E-state index is 11.5. The van der Waals surface area contributed by atoms with Gasteiger partial charge in [-0.2, -0.15) is 0 Å². The van der Waals surface area contributed by atoms with E-state index in [1.165, 1.54) is 14.2 Å². The second-order valence-corrected chi connectivity index (χ2v) is 4.26. The molecule has 0 aromatic heterocycles. The van der Waals surface area contributed by atoms with Crippen LogP contribution in [0.4, 0.5) is 0 Å². The van der Waals surface area contributed by atoms with Crippen LogP contribution in [0.5, 0.6) is 0 Å². The van der Waals surface area contributed by atoms with E-state index in [4.69, 9.17) is 9.84 Å². The van der Waals surface area contributed by atoms with Gasteiger partial charge >= 0.3 is 17.9 Å². The molecule has 19 heavy (non-hydrogen) atoms. The van der Waals surface area contributed by atoms with Gasteiger partial charge in [0.25, 0.3) is 0 Å². The molecule has 1 aliphatic rings. The van der Waals surface area contributed by atoms with Crippen LogP contribution in [0.25, 0.3) is 0 Å². The van der Waals surface area contributed by atoms with Crippen molar-refractivity contribution in [3.63, 3.8) is 0 Å². The first kappa shape index (κ1) is 15.4. The zero-order chi connectivity index (χ0) is 14.4. The highest BCUT2D eigenvalue weighted by molar-refractivity contribution is 5.89. The number of carbonyl (C=O) groups is 3. The van der Waals surface area contributed by atoms with Crippen LogP contribution < -0.4 is 0 Å². The summed E-state index contributed by atoms with van der Waals surface area (Å²) in [6.45, 7) is 0.0557. The van der Waals surface area contributed by atoms with Gasteiger partial charge in [0.05, 0.1) is 39.1 Å². The molecule has 1 saturated carbocycles. The van der Waals surface area contributed by atoms with Crippen LogP contribution in [0.15, 0.2) is 0 Å². The van der Waals surface area contributed by atoms with Crippen molar-refractivity contribution in [2.24, 2.45) is 17.8 Å². The van der Waals surface area contributed by atoms with E-state index in [0.717, 1.165) is 0 Å². The number of hydrogen-bond acceptors (Lipinski definition) is 7. The Kier molecular flexibility index (Phi) is 5.75. The van der Waals surface area contributed by atoms with Crippen LogP contribution in [-0.4, -0.2) is 50.4 Å². The summed E-state index contributed by atoms with van der Waals surface area (Å²) in [7, 11) is 2.46. The van der Waals surface area contributed by atoms with Crippen LogP contribution >= 0.6 is 0 Å². The van der Waals surface area contributed by atoms with Crippen molar-refractivity contribution >= 4 is 17.9 Å². The first-order valence-electron chi connectivity index (χ1n) is 5.99. The van der Waals surface area contributed by atoms with Gasteiger partial charge in [0, 0.05) is 13.0 Å². The lowest BCUT2D eigenvalue weighted by Gasteiger charge is -2.02. The molecule has 1 aliphatic carbocycles. The molecule has 0 spiro atoms. The van der Waals surface area contributed by atoms with Crippen molar-refractivity contribution in [3.05, 3.63) is 0 Å². The Balaban J connectivity index is 2.49. The average Bonchev–Trinajstić information content (AvgIpc) is 3.11. The minimum Gasteiger partial charge on any atom is -0.469 e. The predicted octanol–water partition coefficient (Wildman–Crippen LogP) is -0.490. The molecular weight excluding hydrogens is 256 g/mol. The second kappa shape index (κ2) is 7.08. The molecule has 0 unspecified atom stereocenters. The Labute approximate surface area is 110 Å². The third-order valence-corrected chi connectivity index (χ3v) is 3.08. The monoisotopic (exact) mass is 274 g/mol. The first-order valence-corrected chi connectivity index (χ1v) is 5.99. The van der Waals surface area contributed by atoms with Crippen LogP contribution in [0, 0.1) is 17.8 Å². The topological polar surface area (TPSA) is 99.1 Å². The molecule has 0 bridgehead atoms. The summed E-state index contributed by atoms with van der Waals surface area (Å²) in [5, 5.41) is 8.55. The number of methoxy groups -OCH3 is 2. The average molecular weight is 274 g/mol. The van der Waals surface area contributed by atoms with E-state index in [1.807, 2.05) is 0 Å². The van der Waals surface area contributed by atoms with E-state index in [2.05, 4.69) is 9.47 Å². The number of hydrogen-bond donors (Lipinski definition) is 1. The molecule has 0 radical (unpaired) electrons. The van der Waals surface area contributed by atoms with E-state index in [0.29, 0.717) is 6.42 Å². The van der Waals surface area contributed by atoms with Crippen molar-refractivity contribution in [3.8, 4) is 0 Å². The van der Waals surface area contributed by atoms with Crippen molar-refractivity contribution in [2.75, 3.05) is 27.4 Å². The highest BCUT2D eigenvalue weighted by Crippen LogP contribution is 2.50. The van der Waals surface area contributed by atoms with Crippen molar-refractivity contribution in [1.29, 1.82) is 0 Å². The third-order valence-electron chi connectivity index (χ3n) is 3.08. The maximum Gasteiger partial charge on any atom is 0.309 e. The predicted molar refractivity (Wildman–Crippen MR) is 61.8 cm³/mol. The Hall–Kier alpha value is -1.63. The smallest absolute Gasteiger partial charge is 0.309 e. The number of esters is 3. The molecule has 0 saturated heterocycles. The molecule has 7 heteroatoms. The summed E-state index contributed by atoms with van der Waals surface area (Å²) in [6, 6.07) is 0. The highest BCUT2D eigenvalue weighted by Gasteiger charge is 2.61. The largest absolute Gasteiger partial charge is 0.469 e. The fraction of sp³-hybridized carbons (Fsp3) is 0.750. The SMILES string of the molecule is COC(=O)[C@H]1C(CC(=O)OCCCO)[C@@H]1C(=O)OC. The molecule has 2 atom stereocenters. The summed E-state index contributed by atoms with van der Waals surface area (Å²) >= 11 is 0. The molecule has 1 fully saturated rings. The minimum absolute atomic E-state index is 0.0367. The summed E-state index contributed by atoms with van der Waals surface area (Å²) in [5.41, 5.74) is 0. The fourth-order valence-corrected chi connectivity index (χ4v) is 2.04. The standard InChI is InChI=1S/C12H18O7/c1-17-11(15)9-7(10(9)12(16)18-2)6-8(14)19-5-3-4-13/h7,9-10,13H,3-6H2,1-2H3/t9-,10-/m0/s1. The van der Waals surface area contributed by atoms with Gasteiger partial charge in [-0.3, -0.25) is 14.4 Å². The number of carbonyl (C=O) groups excluding carboxylic acids is 3. The molecule has 0 heterocycles. The zero-order valence-corrected chi connectivity index (χ0v) is 11.0. The van der Waals surface area contributed by atoms with Crippen LogP contribution in [0.1, 0.15) is 12.8 Å². The molecule has 7 nitrogen and oxygen atoms in total. The first-order chi connectivity index (χ1) is 9.06. The fourth-order valence-electron chi connectivity index (χ4n) is 2.04. The molecule has 0 aromatic rings. The van der Waals surface area contributed by atoms with E-state index in [-0.39, 0.29) is 19.6 Å². The van der Waals surface area contributed by atoms with Crippen molar-refractivity contribution in [1.82, 2.24) is 0 Å². The maximum atomic E-state index is 11.5. The Morgan fingerprint density at radius 1 is 1.05 bits per heavy atom. The summed E-state index contributed by atoms with van der Waals surface area (Å²) in [4.78, 5) is 34.4. The van der Waals surface area contributed by atoms with Gasteiger partial charge in [0.1, 0.15) is 0 Å². The summed E-state index contributed by atoms with van der Waals surface area (Å²) in [5.74, 6) is -3.25. The molecule has 0 amide bonds. The molecule has 0 aromatic carbocycles. The summed E-state index contributed by atoms with van der Waals surface area (Å²) in [6.07, 6.45) is 0.322. The zero-order valence-electron chi connectivity index (χ0n) is 11.0. The summed E-state index contributed by atoms with van der Waals surface area (Å²) < 4.78 is 14.0. The molecule has 1 N–H and O–H groups in total. The van der Waals surface area contributed by atoms with Crippen LogP contribution in [-0.2, 0) is 28.6 Å². The lowest BCUT2D eigenvalue weighted by Crippen LogP contribution is -2.10. The minimum atomic E-state index is -0.636. The molecular formula is C12H18O7. The molecule has 108 valence electrons. The van der Waals surface area contributed by atoms with Crippen LogP contribution in [0.2, 0.25) is 0 Å². The van der Waals surface area contributed by atoms with Crippen molar-refractivity contribution < 1.29 is 33.7 Å². The Morgan fingerprint density at radius 2 is 1.58 bits per heavy atom. The quantitative estimate of drug-likeness (QED) is 0.380. The lowest BCUT2D eigenvalue weighted by molar-refractivity contribution is -0.148. The van der Waals surface area contributed by atoms with Gasteiger partial charge in [0.15, 0.2) is 0 Å². The highest BCUT2D eigenvalue weighted by atomic mass is 16.5. The number of aliphatic hydroxyl groups excluding tert-OH is 1. The van der Waals surface area contributed by atoms with Gasteiger partial charge in [-0.05, 0) is 5.92 Å². The van der Waals surface area contributed by atoms with Gasteiger partial charge in [-0.25, -0.2) is 0 Å². The van der Waals surface area contributed by atoms with E-state index in [9.17, 15) is 14.4 Å². The lowest BCUT2D eigenvalue weighted by atomic mass is 10.2. The Morgan fingerprint density at radius 3 is 2.00 bits per heavy atom. The van der Waals surface area contributed by atoms with E-state index in [1.54, 1.807) is 0 Å².